The fourth-order valence-electron chi connectivity index (χ4n) is 5.37. The molecule has 1 saturated carbocycles. The zero-order valence-electron chi connectivity index (χ0n) is 20.7. The lowest BCUT2D eigenvalue weighted by molar-refractivity contribution is -0.175. The second kappa shape index (κ2) is 9.28. The second-order valence-electron chi connectivity index (χ2n) is 10.5. The standard InChI is InChI=1S/C25H27F3N6O3/c1-12(2)18(33-23(37)25(26,27)28)22(36)34-11-15-17(24(15,3)4)20(34)21(35)32-16(8-29)14-10-30-9-13-6-5-7-31-19(13)14/h5-7,9-10,12,15-18,20H,11H2,1-4H3,(H,32,35)(H,33,37)/t15-,16?,17-,18-,20-/m0/s1. The molecule has 5 atom stereocenters. The van der Waals surface area contributed by atoms with Crippen LogP contribution in [0, 0.1) is 34.5 Å². The van der Waals surface area contributed by atoms with E-state index in [-0.39, 0.29) is 23.8 Å². The summed E-state index contributed by atoms with van der Waals surface area (Å²) >= 11 is 0. The van der Waals surface area contributed by atoms with Gasteiger partial charge in [-0.05, 0) is 35.3 Å². The molecular weight excluding hydrogens is 489 g/mol. The molecule has 0 aromatic carbocycles. The first-order valence-electron chi connectivity index (χ1n) is 11.9. The van der Waals surface area contributed by atoms with E-state index in [9.17, 15) is 32.8 Å². The highest BCUT2D eigenvalue weighted by atomic mass is 19.4. The number of piperidine rings is 1. The molecule has 1 aliphatic carbocycles. The Hall–Kier alpha value is -3.75. The van der Waals surface area contributed by atoms with Crippen LogP contribution in [-0.2, 0) is 14.4 Å². The maximum atomic E-state index is 13.6. The van der Waals surface area contributed by atoms with Crippen LogP contribution in [0.2, 0.25) is 0 Å². The van der Waals surface area contributed by atoms with Crippen molar-refractivity contribution in [3.8, 4) is 6.07 Å². The van der Waals surface area contributed by atoms with E-state index in [2.05, 4.69) is 15.3 Å². The monoisotopic (exact) mass is 516 g/mol. The summed E-state index contributed by atoms with van der Waals surface area (Å²) in [6, 6.07) is 1.93. The number of aromatic nitrogens is 2. The average molecular weight is 517 g/mol. The van der Waals surface area contributed by atoms with Crippen molar-refractivity contribution in [2.75, 3.05) is 6.54 Å². The zero-order chi connectivity index (χ0) is 27.3. The highest BCUT2D eigenvalue weighted by molar-refractivity contribution is 5.95. The summed E-state index contributed by atoms with van der Waals surface area (Å²) in [5.41, 5.74) is 0.600. The highest BCUT2D eigenvalue weighted by Crippen LogP contribution is 2.65. The van der Waals surface area contributed by atoms with Crippen LogP contribution in [0.25, 0.3) is 10.9 Å². The Labute approximate surface area is 211 Å². The number of halogens is 3. The first-order chi connectivity index (χ1) is 17.3. The van der Waals surface area contributed by atoms with Crippen LogP contribution < -0.4 is 10.6 Å². The van der Waals surface area contributed by atoms with Gasteiger partial charge in [0.2, 0.25) is 11.8 Å². The molecule has 2 aliphatic rings. The molecule has 0 bridgehead atoms. The van der Waals surface area contributed by atoms with Crippen molar-refractivity contribution in [1.29, 1.82) is 5.26 Å². The van der Waals surface area contributed by atoms with E-state index in [4.69, 9.17) is 0 Å². The van der Waals surface area contributed by atoms with Gasteiger partial charge in [-0.15, -0.1) is 0 Å². The van der Waals surface area contributed by atoms with Gasteiger partial charge in [-0.25, -0.2) is 0 Å². The predicted molar refractivity (Wildman–Crippen MR) is 125 cm³/mol. The van der Waals surface area contributed by atoms with Gasteiger partial charge in [0, 0.05) is 36.1 Å². The molecule has 2 N–H and O–H groups in total. The summed E-state index contributed by atoms with van der Waals surface area (Å²) < 4.78 is 38.7. The van der Waals surface area contributed by atoms with Crippen molar-refractivity contribution < 1.29 is 27.6 Å². The largest absolute Gasteiger partial charge is 0.471 e. The summed E-state index contributed by atoms with van der Waals surface area (Å²) in [4.78, 5) is 48.3. The Balaban J connectivity index is 1.61. The van der Waals surface area contributed by atoms with Crippen molar-refractivity contribution in [2.45, 2.75) is 52.0 Å². The minimum Gasteiger partial charge on any atom is -0.336 e. The van der Waals surface area contributed by atoms with Crippen molar-refractivity contribution in [3.63, 3.8) is 0 Å². The molecule has 0 radical (unpaired) electrons. The average Bonchev–Trinajstić information content (AvgIpc) is 3.17. The minimum absolute atomic E-state index is 0.0419. The van der Waals surface area contributed by atoms with Crippen molar-refractivity contribution >= 4 is 28.6 Å². The van der Waals surface area contributed by atoms with E-state index in [0.29, 0.717) is 16.5 Å². The second-order valence-corrected chi connectivity index (χ2v) is 10.5. The van der Waals surface area contributed by atoms with Gasteiger partial charge < -0.3 is 15.5 Å². The zero-order valence-corrected chi connectivity index (χ0v) is 20.7. The summed E-state index contributed by atoms with van der Waals surface area (Å²) in [5, 5.41) is 15.0. The molecule has 37 heavy (non-hydrogen) atoms. The molecule has 1 unspecified atom stereocenters. The minimum atomic E-state index is -5.15. The van der Waals surface area contributed by atoms with Crippen molar-refractivity contribution in [2.24, 2.45) is 23.2 Å². The SMILES string of the molecule is CC(C)[C@H](NC(=O)C(F)(F)F)C(=O)N1C[C@H]2[C@@H]([C@H]1C(=O)NC(C#N)c1cncc3cccnc13)C2(C)C. The van der Waals surface area contributed by atoms with Gasteiger partial charge >= 0.3 is 12.1 Å². The lowest BCUT2D eigenvalue weighted by Gasteiger charge is -2.34. The summed E-state index contributed by atoms with van der Waals surface area (Å²) in [5.74, 6) is -4.53. The quantitative estimate of drug-likeness (QED) is 0.607. The molecule has 2 fully saturated rings. The lowest BCUT2D eigenvalue weighted by Crippen LogP contribution is -2.58. The maximum absolute atomic E-state index is 13.6. The number of likely N-dealkylation sites (tertiary alicyclic amines) is 1. The Morgan fingerprint density at radius 1 is 1.22 bits per heavy atom. The molecule has 2 aromatic rings. The Kier molecular flexibility index (Phi) is 6.60. The number of hydrogen-bond donors (Lipinski definition) is 2. The van der Waals surface area contributed by atoms with E-state index in [1.165, 1.54) is 24.9 Å². The molecule has 12 heteroatoms. The Morgan fingerprint density at radius 3 is 2.54 bits per heavy atom. The van der Waals surface area contributed by atoms with Crippen LogP contribution >= 0.6 is 0 Å². The van der Waals surface area contributed by atoms with Gasteiger partial charge in [0.1, 0.15) is 18.1 Å². The number of amides is 3. The number of carbonyl (C=O) groups excluding carboxylic acids is 3. The number of nitriles is 1. The Bertz CT molecular complexity index is 1280. The van der Waals surface area contributed by atoms with E-state index < -0.39 is 47.9 Å². The summed E-state index contributed by atoms with van der Waals surface area (Å²) in [7, 11) is 0. The maximum Gasteiger partial charge on any atom is 0.471 e. The lowest BCUT2D eigenvalue weighted by atomic mass is 9.97. The third kappa shape index (κ3) is 4.70. The van der Waals surface area contributed by atoms with E-state index in [0.717, 1.165) is 0 Å². The molecule has 4 rings (SSSR count). The van der Waals surface area contributed by atoms with Gasteiger partial charge in [-0.3, -0.25) is 24.4 Å². The normalized spacial score (nSPS) is 23.6. The van der Waals surface area contributed by atoms with Crippen LogP contribution in [0.15, 0.2) is 30.7 Å². The number of alkyl halides is 3. The van der Waals surface area contributed by atoms with Crippen molar-refractivity contribution in [3.05, 3.63) is 36.3 Å². The van der Waals surface area contributed by atoms with Crippen LogP contribution in [-0.4, -0.2) is 57.4 Å². The third-order valence-electron chi connectivity index (χ3n) is 7.50. The number of rotatable bonds is 6. The van der Waals surface area contributed by atoms with Gasteiger partial charge in [-0.1, -0.05) is 27.7 Å². The number of nitrogens with zero attached hydrogens (tertiary/aromatic N) is 4. The van der Waals surface area contributed by atoms with Crippen LogP contribution in [0.1, 0.15) is 39.3 Å². The smallest absolute Gasteiger partial charge is 0.336 e. The molecule has 3 heterocycles. The van der Waals surface area contributed by atoms with Crippen molar-refractivity contribution in [1.82, 2.24) is 25.5 Å². The number of hydrogen-bond acceptors (Lipinski definition) is 6. The van der Waals surface area contributed by atoms with E-state index >= 15 is 0 Å². The van der Waals surface area contributed by atoms with Gasteiger partial charge in [0.15, 0.2) is 0 Å². The first-order valence-corrected chi connectivity index (χ1v) is 11.9. The fraction of sp³-hybridized carbons (Fsp3) is 0.520. The molecule has 196 valence electrons. The summed E-state index contributed by atoms with van der Waals surface area (Å²) in [6.07, 6.45) is -0.581. The molecule has 1 saturated heterocycles. The van der Waals surface area contributed by atoms with Crippen LogP contribution in [0.3, 0.4) is 0 Å². The van der Waals surface area contributed by atoms with Crippen LogP contribution in [0.5, 0.6) is 0 Å². The molecule has 2 aromatic heterocycles. The summed E-state index contributed by atoms with van der Waals surface area (Å²) in [6.45, 7) is 7.10. The van der Waals surface area contributed by atoms with Gasteiger partial charge in [0.25, 0.3) is 0 Å². The number of carbonyl (C=O) groups is 3. The first kappa shape index (κ1) is 26.3. The molecule has 3 amide bonds. The molecule has 9 nitrogen and oxygen atoms in total. The fourth-order valence-corrected chi connectivity index (χ4v) is 5.37. The van der Waals surface area contributed by atoms with Crippen LogP contribution in [0.4, 0.5) is 13.2 Å². The predicted octanol–water partition coefficient (Wildman–Crippen LogP) is 2.50. The molecule has 0 spiro atoms. The number of pyridine rings is 2. The molecular formula is C25H27F3N6O3. The third-order valence-corrected chi connectivity index (χ3v) is 7.50. The van der Waals surface area contributed by atoms with Gasteiger partial charge in [-0.2, -0.15) is 18.4 Å². The van der Waals surface area contributed by atoms with E-state index in [1.54, 1.807) is 29.8 Å². The Morgan fingerprint density at radius 2 is 1.92 bits per heavy atom. The number of fused-ring (bicyclic) bond motifs is 2. The van der Waals surface area contributed by atoms with E-state index in [1.807, 2.05) is 19.9 Å². The van der Waals surface area contributed by atoms with Gasteiger partial charge in [0.05, 0.1) is 11.6 Å². The topological polar surface area (TPSA) is 128 Å². The molecule has 1 aliphatic heterocycles. The number of nitrogens with one attached hydrogen (secondary N) is 2. The highest BCUT2D eigenvalue weighted by Gasteiger charge is 2.69.